The van der Waals surface area contributed by atoms with Gasteiger partial charge in [-0.15, -0.1) is 0 Å². The largest absolute Gasteiger partial charge is 0.352 e. The van der Waals surface area contributed by atoms with Crippen molar-refractivity contribution in [1.82, 2.24) is 20.4 Å². The van der Waals surface area contributed by atoms with Crippen LogP contribution in [0.2, 0.25) is 0 Å². The van der Waals surface area contributed by atoms with E-state index in [2.05, 4.69) is 15.7 Å². The molecular weight excluding hydrogens is 419 g/mol. The number of hydrogen-bond donors (Lipinski definition) is 2. The average molecular weight is 442 g/mol. The molecule has 0 aliphatic heterocycles. The lowest BCUT2D eigenvalue weighted by molar-refractivity contribution is -0.119. The van der Waals surface area contributed by atoms with Crippen LogP contribution in [0.4, 0.5) is 4.39 Å². The monoisotopic (exact) mass is 442 g/mol. The molecule has 4 aromatic rings. The van der Waals surface area contributed by atoms with Crippen LogP contribution in [0, 0.1) is 5.82 Å². The van der Waals surface area contributed by atoms with Crippen LogP contribution < -0.4 is 10.6 Å². The fourth-order valence-electron chi connectivity index (χ4n) is 3.38. The van der Waals surface area contributed by atoms with Gasteiger partial charge in [-0.1, -0.05) is 30.3 Å². The van der Waals surface area contributed by atoms with E-state index in [-0.39, 0.29) is 24.2 Å². The number of nitrogens with one attached hydrogen (secondary N) is 2. The summed E-state index contributed by atoms with van der Waals surface area (Å²) in [6.07, 6.45) is 1.87. The molecule has 2 amide bonds. The number of halogens is 1. The number of hydrogen-bond acceptors (Lipinski definition) is 3. The number of aromatic nitrogens is 2. The summed E-state index contributed by atoms with van der Waals surface area (Å²) in [5.41, 5.74) is 4.54. The summed E-state index contributed by atoms with van der Waals surface area (Å²) in [6.45, 7) is 2.13. The van der Waals surface area contributed by atoms with Crippen molar-refractivity contribution in [2.45, 2.75) is 20.0 Å². The molecule has 0 aliphatic rings. The van der Waals surface area contributed by atoms with Gasteiger partial charge in [0.05, 0.1) is 11.4 Å². The molecule has 7 heteroatoms. The maximum absolute atomic E-state index is 13.4. The van der Waals surface area contributed by atoms with Crippen molar-refractivity contribution in [3.63, 3.8) is 0 Å². The zero-order chi connectivity index (χ0) is 23.2. The van der Waals surface area contributed by atoms with Crippen LogP contribution in [0.5, 0.6) is 0 Å². The van der Waals surface area contributed by atoms with Crippen LogP contribution in [0.25, 0.3) is 16.9 Å². The van der Waals surface area contributed by atoms with Gasteiger partial charge in [0.15, 0.2) is 0 Å². The quantitative estimate of drug-likeness (QED) is 0.449. The van der Waals surface area contributed by atoms with Gasteiger partial charge in [-0.05, 0) is 54.1 Å². The minimum absolute atomic E-state index is 0.107. The maximum atomic E-state index is 13.4. The van der Waals surface area contributed by atoms with Crippen LogP contribution in [-0.2, 0) is 17.9 Å². The van der Waals surface area contributed by atoms with E-state index in [0.29, 0.717) is 17.8 Å². The molecule has 0 aliphatic carbocycles. The molecular formula is C26H23FN4O2. The van der Waals surface area contributed by atoms with Crippen LogP contribution >= 0.6 is 0 Å². The number of amides is 2. The Hall–Kier alpha value is -4.26. The first-order valence-corrected chi connectivity index (χ1v) is 10.5. The number of carbonyl (C=O) groups is 2. The van der Waals surface area contributed by atoms with Gasteiger partial charge < -0.3 is 10.6 Å². The highest BCUT2D eigenvalue weighted by Crippen LogP contribution is 2.24. The Balaban J connectivity index is 1.53. The molecule has 0 atom stereocenters. The Bertz CT molecular complexity index is 1250. The summed E-state index contributed by atoms with van der Waals surface area (Å²) in [6, 6.07) is 22.8. The van der Waals surface area contributed by atoms with E-state index in [1.54, 1.807) is 28.9 Å². The summed E-state index contributed by atoms with van der Waals surface area (Å²) in [7, 11) is 0. The second-order valence-electron chi connectivity index (χ2n) is 7.58. The molecule has 166 valence electrons. The molecule has 0 saturated carbocycles. The van der Waals surface area contributed by atoms with Crippen molar-refractivity contribution in [3.8, 4) is 16.9 Å². The standard InChI is InChI=1S/C26H23FN4O2/c1-18(32)28-15-19-7-9-21(10-8-19)26(33)29-16-22-17-31(24-5-3-2-4-6-24)30-25(22)20-11-13-23(27)14-12-20/h2-14,17H,15-16H2,1H3,(H,28,32)(H,29,33). The smallest absolute Gasteiger partial charge is 0.251 e. The third-order valence-corrected chi connectivity index (χ3v) is 5.13. The van der Waals surface area contributed by atoms with E-state index < -0.39 is 0 Å². The highest BCUT2D eigenvalue weighted by atomic mass is 19.1. The van der Waals surface area contributed by atoms with Crippen molar-refractivity contribution in [2.75, 3.05) is 0 Å². The number of para-hydroxylation sites is 1. The van der Waals surface area contributed by atoms with Crippen LogP contribution in [-0.4, -0.2) is 21.6 Å². The lowest BCUT2D eigenvalue weighted by Crippen LogP contribution is -2.23. The van der Waals surface area contributed by atoms with Gasteiger partial charge in [0.2, 0.25) is 5.91 Å². The van der Waals surface area contributed by atoms with E-state index >= 15 is 0 Å². The van der Waals surface area contributed by atoms with Gasteiger partial charge in [-0.3, -0.25) is 9.59 Å². The predicted molar refractivity (Wildman–Crippen MR) is 124 cm³/mol. The molecule has 0 fully saturated rings. The number of benzene rings is 3. The summed E-state index contributed by atoms with van der Waals surface area (Å²) in [4.78, 5) is 23.8. The second-order valence-corrected chi connectivity index (χ2v) is 7.58. The Morgan fingerprint density at radius 3 is 2.24 bits per heavy atom. The molecule has 33 heavy (non-hydrogen) atoms. The third-order valence-electron chi connectivity index (χ3n) is 5.13. The van der Waals surface area contributed by atoms with E-state index in [1.165, 1.54) is 19.1 Å². The molecule has 4 rings (SSSR count). The van der Waals surface area contributed by atoms with Crippen LogP contribution in [0.3, 0.4) is 0 Å². The highest BCUT2D eigenvalue weighted by molar-refractivity contribution is 5.94. The van der Waals surface area contributed by atoms with Gasteiger partial charge in [0.1, 0.15) is 5.82 Å². The lowest BCUT2D eigenvalue weighted by Gasteiger charge is -2.07. The van der Waals surface area contributed by atoms with Crippen LogP contribution in [0.15, 0.2) is 85.1 Å². The maximum Gasteiger partial charge on any atom is 0.251 e. The zero-order valence-electron chi connectivity index (χ0n) is 18.1. The Morgan fingerprint density at radius 2 is 1.58 bits per heavy atom. The third kappa shape index (κ3) is 5.51. The lowest BCUT2D eigenvalue weighted by atomic mass is 10.1. The second kappa shape index (κ2) is 9.91. The van der Waals surface area contributed by atoms with E-state index in [1.807, 2.05) is 48.7 Å². The minimum atomic E-state index is -0.321. The van der Waals surface area contributed by atoms with Crippen molar-refractivity contribution in [1.29, 1.82) is 0 Å². The summed E-state index contributed by atoms with van der Waals surface area (Å²) in [5, 5.41) is 10.3. The fourth-order valence-corrected chi connectivity index (χ4v) is 3.38. The topological polar surface area (TPSA) is 76.0 Å². The van der Waals surface area contributed by atoms with Gasteiger partial charge in [-0.25, -0.2) is 9.07 Å². The van der Waals surface area contributed by atoms with Crippen molar-refractivity contribution >= 4 is 11.8 Å². The van der Waals surface area contributed by atoms with Crippen LogP contribution in [0.1, 0.15) is 28.4 Å². The van der Waals surface area contributed by atoms with E-state index in [4.69, 9.17) is 0 Å². The van der Waals surface area contributed by atoms with Gasteiger partial charge in [-0.2, -0.15) is 5.10 Å². The molecule has 0 bridgehead atoms. The zero-order valence-corrected chi connectivity index (χ0v) is 18.1. The normalized spacial score (nSPS) is 10.6. The molecule has 1 aromatic heterocycles. The molecule has 3 aromatic carbocycles. The summed E-state index contributed by atoms with van der Waals surface area (Å²) >= 11 is 0. The molecule has 1 heterocycles. The number of nitrogens with zero attached hydrogens (tertiary/aromatic N) is 2. The Kier molecular flexibility index (Phi) is 6.59. The predicted octanol–water partition coefficient (Wildman–Crippen LogP) is 4.24. The molecule has 0 unspecified atom stereocenters. The number of rotatable bonds is 7. The van der Waals surface area contributed by atoms with E-state index in [0.717, 1.165) is 22.4 Å². The summed E-state index contributed by atoms with van der Waals surface area (Å²) < 4.78 is 15.2. The van der Waals surface area contributed by atoms with Crippen molar-refractivity contribution < 1.29 is 14.0 Å². The molecule has 0 saturated heterocycles. The first kappa shape index (κ1) is 22.0. The van der Waals surface area contributed by atoms with Gasteiger partial charge >= 0.3 is 0 Å². The van der Waals surface area contributed by atoms with Gasteiger partial charge in [0.25, 0.3) is 5.91 Å². The van der Waals surface area contributed by atoms with Crippen molar-refractivity contribution in [3.05, 3.63) is 108 Å². The average Bonchev–Trinajstić information content (AvgIpc) is 3.27. The first-order chi connectivity index (χ1) is 16.0. The minimum Gasteiger partial charge on any atom is -0.352 e. The highest BCUT2D eigenvalue weighted by Gasteiger charge is 2.14. The molecule has 0 spiro atoms. The SMILES string of the molecule is CC(=O)NCc1ccc(C(=O)NCc2cn(-c3ccccc3)nc2-c2ccc(F)cc2)cc1. The van der Waals surface area contributed by atoms with Gasteiger partial charge in [0, 0.05) is 42.9 Å². The molecule has 6 nitrogen and oxygen atoms in total. The molecule has 0 radical (unpaired) electrons. The van der Waals surface area contributed by atoms with E-state index in [9.17, 15) is 14.0 Å². The summed E-state index contributed by atoms with van der Waals surface area (Å²) in [5.74, 6) is -0.651. The van der Waals surface area contributed by atoms with Crippen molar-refractivity contribution in [2.24, 2.45) is 0 Å². The Labute approximate surface area is 191 Å². The fraction of sp³-hybridized carbons (Fsp3) is 0.115. The Morgan fingerprint density at radius 1 is 0.879 bits per heavy atom. The molecule has 2 N–H and O–H groups in total. The number of carbonyl (C=O) groups excluding carboxylic acids is 2. The first-order valence-electron chi connectivity index (χ1n) is 10.5.